The number of nitrogens with zero attached hydrogens (tertiary/aromatic N) is 2. The van der Waals surface area contributed by atoms with Crippen molar-refractivity contribution in [1.82, 2.24) is 20.6 Å². The number of rotatable bonds is 8. The van der Waals surface area contributed by atoms with E-state index in [-0.39, 0.29) is 22.9 Å². The molecule has 174 valence electrons. The third-order valence-electron chi connectivity index (χ3n) is 7.31. The molecule has 2 aromatic rings. The number of ether oxygens (including phenoxy) is 1. The van der Waals surface area contributed by atoms with Gasteiger partial charge < -0.3 is 20.7 Å². The second kappa shape index (κ2) is 8.74. The van der Waals surface area contributed by atoms with E-state index < -0.39 is 0 Å². The molecule has 2 heterocycles. The van der Waals surface area contributed by atoms with Crippen LogP contribution in [0, 0.1) is 11.8 Å². The number of anilines is 1. The van der Waals surface area contributed by atoms with Crippen molar-refractivity contribution in [2.75, 3.05) is 25.6 Å². The molecule has 4 fully saturated rings. The maximum absolute atomic E-state index is 13.2. The number of carbonyl (C=O) groups excluding carboxylic acids is 2. The zero-order valence-corrected chi connectivity index (χ0v) is 19.0. The van der Waals surface area contributed by atoms with Crippen molar-refractivity contribution in [3.05, 3.63) is 54.0 Å². The van der Waals surface area contributed by atoms with Crippen molar-refractivity contribution in [2.24, 2.45) is 11.8 Å². The highest BCUT2D eigenvalue weighted by atomic mass is 16.5. The summed E-state index contributed by atoms with van der Waals surface area (Å²) in [6, 6.07) is 10.8. The summed E-state index contributed by atoms with van der Waals surface area (Å²) in [7, 11) is 1.65. The lowest BCUT2D eigenvalue weighted by Gasteiger charge is -2.62. The first-order chi connectivity index (χ1) is 16.0. The van der Waals surface area contributed by atoms with Crippen LogP contribution in [0.2, 0.25) is 0 Å². The molecule has 4 aliphatic rings. The van der Waals surface area contributed by atoms with Gasteiger partial charge in [-0.3, -0.25) is 14.6 Å². The molecule has 0 aromatic carbocycles. The van der Waals surface area contributed by atoms with E-state index in [1.54, 1.807) is 25.4 Å². The van der Waals surface area contributed by atoms with Crippen LogP contribution in [0.3, 0.4) is 0 Å². The fourth-order valence-electron chi connectivity index (χ4n) is 6.60. The molecule has 0 spiro atoms. The van der Waals surface area contributed by atoms with Gasteiger partial charge in [-0.2, -0.15) is 0 Å². The van der Waals surface area contributed by atoms with Crippen LogP contribution in [0.4, 0.5) is 5.82 Å². The Morgan fingerprint density at radius 1 is 0.970 bits per heavy atom. The summed E-state index contributed by atoms with van der Waals surface area (Å²) in [5.74, 6) is 1.38. The lowest BCUT2D eigenvalue weighted by atomic mass is 9.49. The van der Waals surface area contributed by atoms with Gasteiger partial charge in [0.05, 0.1) is 6.61 Å². The molecule has 4 saturated carbocycles. The Morgan fingerprint density at radius 3 is 2.27 bits per heavy atom. The van der Waals surface area contributed by atoms with Crippen LogP contribution in [-0.4, -0.2) is 53.1 Å². The molecule has 33 heavy (non-hydrogen) atoms. The van der Waals surface area contributed by atoms with Gasteiger partial charge in [0.25, 0.3) is 11.8 Å². The predicted molar refractivity (Wildman–Crippen MR) is 124 cm³/mol. The lowest BCUT2D eigenvalue weighted by molar-refractivity contribution is -0.0449. The molecular formula is C25H31N5O3. The summed E-state index contributed by atoms with van der Waals surface area (Å²) >= 11 is 0. The Bertz CT molecular complexity index is 1010. The summed E-state index contributed by atoms with van der Waals surface area (Å²) in [5.41, 5.74) is 0.246. The van der Waals surface area contributed by atoms with Gasteiger partial charge in [0.15, 0.2) is 0 Å². The fraction of sp³-hybridized carbons (Fsp3) is 0.520. The molecule has 2 atom stereocenters. The molecule has 6 rings (SSSR count). The maximum Gasteiger partial charge on any atom is 0.270 e. The van der Waals surface area contributed by atoms with Crippen molar-refractivity contribution < 1.29 is 14.3 Å². The van der Waals surface area contributed by atoms with Crippen LogP contribution >= 0.6 is 0 Å². The first kappa shape index (κ1) is 21.8. The zero-order valence-electron chi connectivity index (χ0n) is 19.0. The molecular weight excluding hydrogens is 418 g/mol. The molecule has 2 amide bonds. The summed E-state index contributed by atoms with van der Waals surface area (Å²) in [5, 5.41) is 9.85. The Labute approximate surface area is 193 Å². The molecule has 4 aliphatic carbocycles. The fourth-order valence-corrected chi connectivity index (χ4v) is 6.60. The quantitative estimate of drug-likeness (QED) is 0.535. The number of hydrogen-bond acceptors (Lipinski definition) is 6. The van der Waals surface area contributed by atoms with Crippen molar-refractivity contribution in [3.63, 3.8) is 0 Å². The highest BCUT2D eigenvalue weighted by Gasteiger charge is 2.58. The first-order valence-corrected chi connectivity index (χ1v) is 11.7. The Kier molecular flexibility index (Phi) is 5.78. The summed E-state index contributed by atoms with van der Waals surface area (Å²) in [6.07, 6.45) is 7.43. The van der Waals surface area contributed by atoms with E-state index >= 15 is 0 Å². The number of nitrogens with one attached hydrogen (secondary N) is 3. The topological polar surface area (TPSA) is 105 Å². The molecule has 0 aliphatic heterocycles. The van der Waals surface area contributed by atoms with Gasteiger partial charge in [-0.15, -0.1) is 0 Å². The van der Waals surface area contributed by atoms with Crippen molar-refractivity contribution >= 4 is 17.6 Å². The van der Waals surface area contributed by atoms with Crippen LogP contribution < -0.4 is 16.0 Å². The highest BCUT2D eigenvalue weighted by Crippen LogP contribution is 2.57. The SMILES string of the molecule is COCCNc1cccc(C(=O)NC23CC4CC(CC(NC(=O)c5ccccn5)(C4)C2)C3)n1. The summed E-state index contributed by atoms with van der Waals surface area (Å²) in [4.78, 5) is 34.9. The number of amides is 2. The number of hydrogen-bond donors (Lipinski definition) is 3. The molecule has 2 aromatic heterocycles. The number of pyridine rings is 2. The van der Waals surface area contributed by atoms with E-state index in [0.29, 0.717) is 42.2 Å². The van der Waals surface area contributed by atoms with Gasteiger partial charge >= 0.3 is 0 Å². The third kappa shape index (κ3) is 4.57. The van der Waals surface area contributed by atoms with E-state index in [1.165, 1.54) is 6.42 Å². The molecule has 0 saturated heterocycles. The monoisotopic (exact) mass is 449 g/mol. The van der Waals surface area contributed by atoms with E-state index in [0.717, 1.165) is 32.1 Å². The first-order valence-electron chi connectivity index (χ1n) is 11.7. The normalized spacial score (nSPS) is 29.5. The summed E-state index contributed by atoms with van der Waals surface area (Å²) in [6.45, 7) is 1.19. The Balaban J connectivity index is 1.31. The molecule has 8 nitrogen and oxygen atoms in total. The van der Waals surface area contributed by atoms with Crippen molar-refractivity contribution in [2.45, 2.75) is 49.6 Å². The van der Waals surface area contributed by atoms with Crippen molar-refractivity contribution in [1.29, 1.82) is 0 Å². The average Bonchev–Trinajstić information content (AvgIpc) is 2.78. The van der Waals surface area contributed by atoms with Crippen LogP contribution in [0.1, 0.15) is 59.5 Å². The van der Waals surface area contributed by atoms with E-state index in [2.05, 4.69) is 25.9 Å². The number of carbonyl (C=O) groups is 2. The Morgan fingerprint density at radius 2 is 1.64 bits per heavy atom. The standard InChI is InChI=1S/C25H31N5O3/c1-33-10-9-27-21-7-4-6-20(28-21)23(32)30-25-14-17-11-18(15-25)13-24(12-17,16-25)29-22(31)19-5-2-3-8-26-19/h2-8,17-18H,9-16H2,1H3,(H,27,28)(H,29,31)(H,30,32). The largest absolute Gasteiger partial charge is 0.383 e. The van der Waals surface area contributed by atoms with Gasteiger partial charge in [0.1, 0.15) is 17.2 Å². The van der Waals surface area contributed by atoms with Crippen molar-refractivity contribution in [3.8, 4) is 0 Å². The zero-order chi connectivity index (χ0) is 22.9. The smallest absolute Gasteiger partial charge is 0.270 e. The second-order valence-electron chi connectivity index (χ2n) is 9.97. The minimum Gasteiger partial charge on any atom is -0.383 e. The van der Waals surface area contributed by atoms with Crippen LogP contribution in [0.15, 0.2) is 42.6 Å². The van der Waals surface area contributed by atoms with Gasteiger partial charge in [-0.05, 0) is 74.6 Å². The Hall–Kier alpha value is -3.00. The molecule has 8 heteroatoms. The van der Waals surface area contributed by atoms with Crippen LogP contribution in [0.5, 0.6) is 0 Å². The second-order valence-corrected chi connectivity index (χ2v) is 9.97. The van der Waals surface area contributed by atoms with Gasteiger partial charge in [0, 0.05) is 30.9 Å². The van der Waals surface area contributed by atoms with E-state index in [9.17, 15) is 9.59 Å². The molecule has 3 N–H and O–H groups in total. The summed E-state index contributed by atoms with van der Waals surface area (Å²) < 4.78 is 5.06. The minimum atomic E-state index is -0.306. The predicted octanol–water partition coefficient (Wildman–Crippen LogP) is 2.79. The molecule has 4 bridgehead atoms. The number of methoxy groups -OCH3 is 1. The highest BCUT2D eigenvalue weighted by molar-refractivity contribution is 5.94. The van der Waals surface area contributed by atoms with Gasteiger partial charge in [-0.1, -0.05) is 12.1 Å². The number of aromatic nitrogens is 2. The van der Waals surface area contributed by atoms with Gasteiger partial charge in [0.2, 0.25) is 0 Å². The third-order valence-corrected chi connectivity index (χ3v) is 7.31. The molecule has 2 unspecified atom stereocenters. The molecule has 0 radical (unpaired) electrons. The van der Waals surface area contributed by atoms with Gasteiger partial charge in [-0.25, -0.2) is 4.98 Å². The van der Waals surface area contributed by atoms with E-state index in [4.69, 9.17) is 4.74 Å². The lowest BCUT2D eigenvalue weighted by Crippen LogP contribution is -2.69. The van der Waals surface area contributed by atoms with Crippen LogP contribution in [0.25, 0.3) is 0 Å². The maximum atomic E-state index is 13.2. The average molecular weight is 450 g/mol. The minimum absolute atomic E-state index is 0.129. The van der Waals surface area contributed by atoms with E-state index in [1.807, 2.05) is 24.3 Å². The van der Waals surface area contributed by atoms with Crippen LogP contribution in [-0.2, 0) is 4.74 Å².